The van der Waals surface area contributed by atoms with Gasteiger partial charge in [-0.05, 0) is 78.5 Å². The maximum Gasteiger partial charge on any atom is 0.108 e. The summed E-state index contributed by atoms with van der Waals surface area (Å²) in [4.78, 5) is 10.3. The van der Waals surface area contributed by atoms with E-state index in [-0.39, 0.29) is 0 Å². The summed E-state index contributed by atoms with van der Waals surface area (Å²) in [5.41, 5.74) is 15.0. The van der Waals surface area contributed by atoms with Gasteiger partial charge in [0.05, 0.1) is 13.2 Å². The van der Waals surface area contributed by atoms with Crippen LogP contribution in [0.4, 0.5) is 0 Å². The summed E-state index contributed by atoms with van der Waals surface area (Å²) in [6.07, 6.45) is 6.20. The topological polar surface area (TPSA) is 44.5 Å². The first-order chi connectivity index (χ1) is 21.4. The normalized spacial score (nSPS) is 9.52. The van der Waals surface area contributed by atoms with Crippen LogP contribution in [0.15, 0.2) is 104 Å². The van der Waals surface area contributed by atoms with Crippen LogP contribution in [-0.4, -0.2) is 13.2 Å². The molecule has 2 N–H and O–H groups in total. The molecule has 0 aliphatic rings. The Kier molecular flexibility index (Phi) is 21.2. The number of rotatable bonds is 9. The summed E-state index contributed by atoms with van der Waals surface area (Å²) in [6, 6.07) is 33.4. The molecule has 0 spiro atoms. The molecule has 0 heterocycles. The van der Waals surface area contributed by atoms with Crippen molar-refractivity contribution in [3.63, 3.8) is 0 Å². The molecule has 234 valence electrons. The predicted octanol–water partition coefficient (Wildman–Crippen LogP) is 9.86. The molecule has 0 saturated heterocycles. The van der Waals surface area contributed by atoms with Crippen molar-refractivity contribution in [2.45, 2.75) is 73.8 Å². The number of nitrogens with two attached hydrogens (primary N) is 1. The van der Waals surface area contributed by atoms with Crippen molar-refractivity contribution in [2.75, 3.05) is 13.2 Å². The van der Waals surface area contributed by atoms with Gasteiger partial charge in [-0.3, -0.25) is 0 Å². The van der Waals surface area contributed by atoms with Crippen LogP contribution in [0.3, 0.4) is 0 Å². The van der Waals surface area contributed by atoms with E-state index in [1.807, 2.05) is 38.1 Å². The second-order valence-corrected chi connectivity index (χ2v) is 10.1. The Bertz CT molecular complexity index is 1260. The van der Waals surface area contributed by atoms with Gasteiger partial charge in [-0.15, -0.1) is 0 Å². The minimum absolute atomic E-state index is 0.337. The standard InChI is InChI=1S/C17H23NO2.3C8H10/c1-5-10-19-20-12-15-11-13(3)16(6-2)14(4)17(15)8-7-9-18;3*1-2-8-6-4-3-5-7-8/h6,11H,2,5,9-10,12,18H2,1,3-4H3;3*3-7H,2H2,1H3. The van der Waals surface area contributed by atoms with Crippen LogP contribution in [0.2, 0.25) is 0 Å². The molecule has 4 aromatic rings. The van der Waals surface area contributed by atoms with Crippen LogP contribution in [-0.2, 0) is 35.6 Å². The smallest absolute Gasteiger partial charge is 0.108 e. The maximum atomic E-state index is 5.47. The zero-order valence-corrected chi connectivity index (χ0v) is 27.9. The molecule has 0 fully saturated rings. The van der Waals surface area contributed by atoms with Crippen LogP contribution in [0.1, 0.15) is 78.6 Å². The average Bonchev–Trinajstić information content (AvgIpc) is 3.08. The molecule has 0 aromatic heterocycles. The SMILES string of the molecule is C=Cc1c(C)cc(COOCCC)c(C#CCN)c1C.CCc1ccccc1.CCc1ccccc1.CCc1ccccc1. The number of hydrogen-bond acceptors (Lipinski definition) is 3. The molecule has 4 aromatic carbocycles. The molecule has 0 bridgehead atoms. The number of benzene rings is 4. The van der Waals surface area contributed by atoms with E-state index >= 15 is 0 Å². The van der Waals surface area contributed by atoms with Gasteiger partial charge >= 0.3 is 0 Å². The Hall–Kier alpha value is -3.94. The summed E-state index contributed by atoms with van der Waals surface area (Å²) in [7, 11) is 0. The van der Waals surface area contributed by atoms with Crippen molar-refractivity contribution in [2.24, 2.45) is 5.73 Å². The van der Waals surface area contributed by atoms with Gasteiger partial charge in [-0.1, -0.05) is 149 Å². The van der Waals surface area contributed by atoms with Gasteiger partial charge in [-0.2, -0.15) is 0 Å². The molecule has 3 heteroatoms. The fourth-order valence-corrected chi connectivity index (χ4v) is 4.21. The molecule has 0 saturated carbocycles. The quantitative estimate of drug-likeness (QED) is 0.0912. The van der Waals surface area contributed by atoms with Crippen molar-refractivity contribution in [1.29, 1.82) is 0 Å². The van der Waals surface area contributed by atoms with E-state index in [9.17, 15) is 0 Å². The van der Waals surface area contributed by atoms with Crippen LogP contribution < -0.4 is 5.73 Å². The molecule has 44 heavy (non-hydrogen) atoms. The first kappa shape index (κ1) is 38.1. The van der Waals surface area contributed by atoms with E-state index in [0.717, 1.165) is 53.5 Å². The molecule has 0 radical (unpaired) electrons. The second kappa shape index (κ2) is 24.5. The van der Waals surface area contributed by atoms with Gasteiger partial charge in [0.1, 0.15) is 6.61 Å². The Morgan fingerprint density at radius 3 is 1.50 bits per heavy atom. The molecular formula is C41H53NO2. The Morgan fingerprint density at radius 2 is 1.16 bits per heavy atom. The lowest BCUT2D eigenvalue weighted by Crippen LogP contribution is -2.03. The van der Waals surface area contributed by atoms with E-state index in [2.05, 4.69) is 125 Å². The molecule has 0 aliphatic heterocycles. The van der Waals surface area contributed by atoms with Crippen molar-refractivity contribution in [3.05, 3.63) is 148 Å². The van der Waals surface area contributed by atoms with Crippen LogP contribution in [0, 0.1) is 25.7 Å². The lowest BCUT2D eigenvalue weighted by molar-refractivity contribution is -0.303. The summed E-state index contributed by atoms with van der Waals surface area (Å²) in [5, 5.41) is 0. The summed E-state index contributed by atoms with van der Waals surface area (Å²) >= 11 is 0. The summed E-state index contributed by atoms with van der Waals surface area (Å²) in [5.74, 6) is 6.03. The predicted molar refractivity (Wildman–Crippen MR) is 190 cm³/mol. The third kappa shape index (κ3) is 15.5. The number of hydrogen-bond donors (Lipinski definition) is 1. The molecule has 0 amide bonds. The first-order valence-electron chi connectivity index (χ1n) is 15.8. The molecule has 0 aliphatic carbocycles. The molecule has 4 rings (SSSR count). The minimum atomic E-state index is 0.337. The zero-order chi connectivity index (χ0) is 32.4. The summed E-state index contributed by atoms with van der Waals surface area (Å²) < 4.78 is 0. The number of aryl methyl sites for hydroxylation is 4. The first-order valence-corrected chi connectivity index (χ1v) is 15.8. The Labute approximate surface area is 268 Å². The average molecular weight is 592 g/mol. The zero-order valence-electron chi connectivity index (χ0n) is 27.9. The highest BCUT2D eigenvalue weighted by Gasteiger charge is 2.10. The Balaban J connectivity index is 0.000000330. The van der Waals surface area contributed by atoms with Gasteiger partial charge in [0.25, 0.3) is 0 Å². The fourth-order valence-electron chi connectivity index (χ4n) is 4.21. The lowest BCUT2D eigenvalue weighted by Gasteiger charge is -2.13. The highest BCUT2D eigenvalue weighted by molar-refractivity contribution is 5.63. The maximum absolute atomic E-state index is 5.47. The van der Waals surface area contributed by atoms with Crippen LogP contribution in [0.5, 0.6) is 0 Å². The van der Waals surface area contributed by atoms with E-state index in [0.29, 0.717) is 19.8 Å². The molecule has 0 atom stereocenters. The molecule has 0 unspecified atom stereocenters. The third-order valence-electron chi connectivity index (χ3n) is 6.77. The van der Waals surface area contributed by atoms with E-state index < -0.39 is 0 Å². The van der Waals surface area contributed by atoms with E-state index in [1.54, 1.807) is 0 Å². The van der Waals surface area contributed by atoms with Crippen LogP contribution >= 0.6 is 0 Å². The minimum Gasteiger partial charge on any atom is -0.320 e. The van der Waals surface area contributed by atoms with Crippen molar-refractivity contribution >= 4 is 6.08 Å². The van der Waals surface area contributed by atoms with Crippen LogP contribution in [0.25, 0.3) is 6.08 Å². The van der Waals surface area contributed by atoms with E-state index in [4.69, 9.17) is 15.5 Å². The third-order valence-corrected chi connectivity index (χ3v) is 6.77. The van der Waals surface area contributed by atoms with Gasteiger partial charge in [0.2, 0.25) is 0 Å². The molecular weight excluding hydrogens is 538 g/mol. The van der Waals surface area contributed by atoms with Gasteiger partial charge in [0, 0.05) is 5.56 Å². The largest absolute Gasteiger partial charge is 0.320 e. The van der Waals surface area contributed by atoms with Gasteiger partial charge < -0.3 is 5.73 Å². The van der Waals surface area contributed by atoms with Gasteiger partial charge in [-0.25, -0.2) is 9.78 Å². The highest BCUT2D eigenvalue weighted by Crippen LogP contribution is 2.24. The highest BCUT2D eigenvalue weighted by atomic mass is 17.2. The van der Waals surface area contributed by atoms with E-state index in [1.165, 1.54) is 16.7 Å². The lowest BCUT2D eigenvalue weighted by atomic mass is 9.93. The Morgan fingerprint density at radius 1 is 0.705 bits per heavy atom. The second-order valence-electron chi connectivity index (χ2n) is 10.1. The van der Waals surface area contributed by atoms with Crippen molar-refractivity contribution < 1.29 is 9.78 Å². The van der Waals surface area contributed by atoms with Crippen molar-refractivity contribution in [3.8, 4) is 11.8 Å². The monoisotopic (exact) mass is 591 g/mol. The van der Waals surface area contributed by atoms with Gasteiger partial charge in [0.15, 0.2) is 0 Å². The molecule has 3 nitrogen and oxygen atoms in total. The fraction of sp³-hybridized carbons (Fsp3) is 0.317. The van der Waals surface area contributed by atoms with Crippen molar-refractivity contribution in [1.82, 2.24) is 0 Å². The summed E-state index contributed by atoms with van der Waals surface area (Å²) in [6.45, 7) is 17.8.